The molecule has 0 amide bonds. The molecule has 0 bridgehead atoms. The van der Waals surface area contributed by atoms with Gasteiger partial charge in [-0.2, -0.15) is 0 Å². The standard InChI is InChI=1S/C14H25N3O/c1-5-17-13(14(18-4)10(2)3)8-11-9-16-7-6-12(11)15/h6-7,9-10,13-14,17H,5,8H2,1-4H3,(H2,15,16). The van der Waals surface area contributed by atoms with Crippen LogP contribution in [0.4, 0.5) is 5.69 Å². The van der Waals surface area contributed by atoms with Crippen LogP contribution >= 0.6 is 0 Å². The lowest BCUT2D eigenvalue weighted by molar-refractivity contribution is 0.0337. The lowest BCUT2D eigenvalue weighted by Gasteiger charge is -2.30. The second-order valence-electron chi connectivity index (χ2n) is 4.89. The van der Waals surface area contributed by atoms with Gasteiger partial charge in [0.2, 0.25) is 0 Å². The summed E-state index contributed by atoms with van der Waals surface area (Å²) in [6, 6.07) is 2.10. The molecule has 0 aliphatic carbocycles. The average Bonchev–Trinajstić information content (AvgIpc) is 2.32. The van der Waals surface area contributed by atoms with E-state index in [0.717, 1.165) is 24.2 Å². The van der Waals surface area contributed by atoms with Gasteiger partial charge in [0.05, 0.1) is 6.10 Å². The Labute approximate surface area is 110 Å². The van der Waals surface area contributed by atoms with Gasteiger partial charge in [-0.3, -0.25) is 4.98 Å². The number of ether oxygens (including phenoxy) is 1. The van der Waals surface area contributed by atoms with Crippen molar-refractivity contribution in [1.29, 1.82) is 0 Å². The zero-order chi connectivity index (χ0) is 13.5. The summed E-state index contributed by atoms with van der Waals surface area (Å²) in [4.78, 5) is 4.14. The van der Waals surface area contributed by atoms with Crippen LogP contribution in [0.2, 0.25) is 0 Å². The first-order valence-electron chi connectivity index (χ1n) is 6.54. The van der Waals surface area contributed by atoms with Gasteiger partial charge in [0, 0.05) is 31.2 Å². The highest BCUT2D eigenvalue weighted by atomic mass is 16.5. The summed E-state index contributed by atoms with van der Waals surface area (Å²) in [7, 11) is 1.77. The summed E-state index contributed by atoms with van der Waals surface area (Å²) in [5.41, 5.74) is 7.85. The minimum absolute atomic E-state index is 0.171. The number of nitrogens with two attached hydrogens (primary N) is 1. The largest absolute Gasteiger partial charge is 0.398 e. The average molecular weight is 251 g/mol. The van der Waals surface area contributed by atoms with Gasteiger partial charge in [0.15, 0.2) is 0 Å². The van der Waals surface area contributed by atoms with E-state index in [1.165, 1.54) is 0 Å². The predicted molar refractivity (Wildman–Crippen MR) is 75.5 cm³/mol. The number of likely N-dealkylation sites (N-methyl/N-ethyl adjacent to an activating group) is 1. The van der Waals surface area contributed by atoms with Crippen molar-refractivity contribution in [2.75, 3.05) is 19.4 Å². The van der Waals surface area contributed by atoms with Crippen LogP contribution in [0.25, 0.3) is 0 Å². The third-order valence-corrected chi connectivity index (χ3v) is 3.17. The Balaban J connectivity index is 2.82. The maximum Gasteiger partial charge on any atom is 0.0750 e. The molecular weight excluding hydrogens is 226 g/mol. The van der Waals surface area contributed by atoms with Crippen molar-refractivity contribution in [2.24, 2.45) is 5.92 Å². The Morgan fingerprint density at radius 1 is 1.44 bits per heavy atom. The first kappa shape index (κ1) is 14.9. The Hall–Kier alpha value is -1.13. The molecule has 0 saturated carbocycles. The molecule has 0 spiro atoms. The number of nitrogens with one attached hydrogen (secondary N) is 1. The highest BCUT2D eigenvalue weighted by molar-refractivity contribution is 5.44. The van der Waals surface area contributed by atoms with Crippen LogP contribution in [-0.4, -0.2) is 30.8 Å². The van der Waals surface area contributed by atoms with E-state index in [0.29, 0.717) is 5.92 Å². The molecule has 3 N–H and O–H groups in total. The molecule has 0 aromatic carbocycles. The predicted octanol–water partition coefficient (Wildman–Crippen LogP) is 1.86. The molecule has 0 saturated heterocycles. The van der Waals surface area contributed by atoms with Gasteiger partial charge in [0.25, 0.3) is 0 Å². The van der Waals surface area contributed by atoms with Crippen LogP contribution in [0.3, 0.4) is 0 Å². The molecule has 2 atom stereocenters. The van der Waals surface area contributed by atoms with Crippen molar-refractivity contribution in [3.05, 3.63) is 24.0 Å². The topological polar surface area (TPSA) is 60.2 Å². The minimum atomic E-state index is 0.171. The second-order valence-corrected chi connectivity index (χ2v) is 4.89. The van der Waals surface area contributed by atoms with Gasteiger partial charge in [0.1, 0.15) is 0 Å². The number of aromatic nitrogens is 1. The van der Waals surface area contributed by atoms with Crippen molar-refractivity contribution in [3.8, 4) is 0 Å². The number of hydrogen-bond donors (Lipinski definition) is 2. The van der Waals surface area contributed by atoms with Gasteiger partial charge >= 0.3 is 0 Å². The highest BCUT2D eigenvalue weighted by Gasteiger charge is 2.24. The lowest BCUT2D eigenvalue weighted by Crippen LogP contribution is -2.45. The van der Waals surface area contributed by atoms with Crippen molar-refractivity contribution < 1.29 is 4.74 Å². The van der Waals surface area contributed by atoms with E-state index < -0.39 is 0 Å². The fraction of sp³-hybridized carbons (Fsp3) is 0.643. The number of methoxy groups -OCH3 is 1. The Morgan fingerprint density at radius 3 is 2.67 bits per heavy atom. The zero-order valence-corrected chi connectivity index (χ0v) is 11.8. The maximum absolute atomic E-state index is 5.97. The van der Waals surface area contributed by atoms with Crippen molar-refractivity contribution >= 4 is 5.69 Å². The third kappa shape index (κ3) is 3.96. The second kappa shape index (κ2) is 7.34. The zero-order valence-electron chi connectivity index (χ0n) is 11.8. The molecule has 0 aliphatic rings. The Kier molecular flexibility index (Phi) is 6.09. The van der Waals surface area contributed by atoms with E-state index in [-0.39, 0.29) is 12.1 Å². The summed E-state index contributed by atoms with van der Waals surface area (Å²) in [6.07, 6.45) is 4.57. The first-order chi connectivity index (χ1) is 8.60. The summed E-state index contributed by atoms with van der Waals surface area (Å²) in [5, 5.41) is 3.48. The molecule has 4 nitrogen and oxygen atoms in total. The molecule has 0 radical (unpaired) electrons. The number of nitrogens with zero attached hydrogens (tertiary/aromatic N) is 1. The van der Waals surface area contributed by atoms with Gasteiger partial charge in [-0.05, 0) is 30.5 Å². The van der Waals surface area contributed by atoms with E-state index in [2.05, 4.69) is 31.1 Å². The number of hydrogen-bond acceptors (Lipinski definition) is 4. The molecule has 0 fully saturated rings. The van der Waals surface area contributed by atoms with Gasteiger partial charge in [-0.1, -0.05) is 20.8 Å². The van der Waals surface area contributed by atoms with Crippen LogP contribution < -0.4 is 11.1 Å². The molecule has 1 heterocycles. The van der Waals surface area contributed by atoms with Crippen LogP contribution in [0.1, 0.15) is 26.3 Å². The summed E-state index contributed by atoms with van der Waals surface area (Å²) < 4.78 is 5.61. The summed E-state index contributed by atoms with van der Waals surface area (Å²) in [5.74, 6) is 0.456. The molecule has 1 aromatic rings. The van der Waals surface area contributed by atoms with Gasteiger partial charge < -0.3 is 15.8 Å². The van der Waals surface area contributed by atoms with E-state index in [4.69, 9.17) is 10.5 Å². The van der Waals surface area contributed by atoms with E-state index >= 15 is 0 Å². The summed E-state index contributed by atoms with van der Waals surface area (Å²) in [6.45, 7) is 7.36. The van der Waals surface area contributed by atoms with Crippen molar-refractivity contribution in [2.45, 2.75) is 39.3 Å². The van der Waals surface area contributed by atoms with Crippen LogP contribution in [-0.2, 0) is 11.2 Å². The van der Waals surface area contributed by atoms with Crippen molar-refractivity contribution in [1.82, 2.24) is 10.3 Å². The van der Waals surface area contributed by atoms with Crippen LogP contribution in [0, 0.1) is 5.92 Å². The fourth-order valence-electron chi connectivity index (χ4n) is 2.31. The fourth-order valence-corrected chi connectivity index (χ4v) is 2.31. The molecule has 1 aromatic heterocycles. The summed E-state index contributed by atoms with van der Waals surface area (Å²) >= 11 is 0. The molecule has 4 heteroatoms. The van der Waals surface area contributed by atoms with E-state index in [1.54, 1.807) is 13.3 Å². The first-order valence-corrected chi connectivity index (χ1v) is 6.54. The highest BCUT2D eigenvalue weighted by Crippen LogP contribution is 2.18. The smallest absolute Gasteiger partial charge is 0.0750 e. The maximum atomic E-state index is 5.97. The Bertz CT molecular complexity index is 355. The number of anilines is 1. The molecular formula is C14H25N3O. The minimum Gasteiger partial charge on any atom is -0.398 e. The van der Waals surface area contributed by atoms with E-state index in [9.17, 15) is 0 Å². The molecule has 1 rings (SSSR count). The normalized spacial score (nSPS) is 14.7. The molecule has 18 heavy (non-hydrogen) atoms. The third-order valence-electron chi connectivity index (χ3n) is 3.17. The van der Waals surface area contributed by atoms with Crippen molar-refractivity contribution in [3.63, 3.8) is 0 Å². The Morgan fingerprint density at radius 2 is 2.17 bits per heavy atom. The number of rotatable bonds is 7. The monoisotopic (exact) mass is 251 g/mol. The van der Waals surface area contributed by atoms with E-state index in [1.807, 2.05) is 12.3 Å². The van der Waals surface area contributed by atoms with Gasteiger partial charge in [-0.25, -0.2) is 0 Å². The number of pyridine rings is 1. The lowest BCUT2D eigenvalue weighted by atomic mass is 9.94. The molecule has 2 unspecified atom stereocenters. The molecule has 0 aliphatic heterocycles. The number of nitrogen functional groups attached to an aromatic ring is 1. The molecule has 102 valence electrons. The van der Waals surface area contributed by atoms with Crippen LogP contribution in [0.5, 0.6) is 0 Å². The SMILES string of the molecule is CCNC(Cc1cnccc1N)C(OC)C(C)C. The van der Waals surface area contributed by atoms with Gasteiger partial charge in [-0.15, -0.1) is 0 Å². The van der Waals surface area contributed by atoms with Crippen LogP contribution in [0.15, 0.2) is 18.5 Å². The quantitative estimate of drug-likeness (QED) is 0.776.